The summed E-state index contributed by atoms with van der Waals surface area (Å²) in [6.07, 6.45) is 0.251. The van der Waals surface area contributed by atoms with E-state index < -0.39 is 40.9 Å². The Morgan fingerprint density at radius 3 is 2.26 bits per heavy atom. The minimum Gasteiger partial charge on any atom is -0.481 e. The fraction of sp³-hybridized carbons (Fsp3) is 0.667. The van der Waals surface area contributed by atoms with Crippen LogP contribution in [0.4, 0.5) is 4.79 Å². The Kier molecular flexibility index (Phi) is 8.98. The molecule has 1 fully saturated rings. The van der Waals surface area contributed by atoms with Crippen LogP contribution in [0.1, 0.15) is 73.3 Å². The summed E-state index contributed by atoms with van der Waals surface area (Å²) in [4.78, 5) is 39.3. The molecule has 0 bridgehead atoms. The van der Waals surface area contributed by atoms with Crippen molar-refractivity contribution in [3.63, 3.8) is 0 Å². The van der Waals surface area contributed by atoms with Gasteiger partial charge in [0.2, 0.25) is 5.91 Å². The van der Waals surface area contributed by atoms with Crippen LogP contribution in [0.2, 0.25) is 0 Å². The van der Waals surface area contributed by atoms with Crippen LogP contribution >= 0.6 is 0 Å². The van der Waals surface area contributed by atoms with E-state index in [1.54, 1.807) is 46.6 Å². The lowest BCUT2D eigenvalue weighted by molar-refractivity contribution is -0.139. The number of carbonyl (C=O) groups is 3. The molecule has 0 radical (unpaired) electrons. The molecule has 8 heteroatoms. The van der Waals surface area contributed by atoms with E-state index in [2.05, 4.69) is 5.32 Å². The van der Waals surface area contributed by atoms with Crippen LogP contribution in [0.25, 0.3) is 0 Å². The van der Waals surface area contributed by atoms with E-state index in [9.17, 15) is 19.5 Å². The van der Waals surface area contributed by atoms with E-state index in [1.165, 1.54) is 0 Å². The van der Waals surface area contributed by atoms with Crippen molar-refractivity contribution >= 4 is 18.0 Å². The summed E-state index contributed by atoms with van der Waals surface area (Å²) in [6.45, 7) is 12.8. The zero-order valence-electron chi connectivity index (χ0n) is 22.4. The van der Waals surface area contributed by atoms with Gasteiger partial charge in [-0.2, -0.15) is 0 Å². The lowest BCUT2D eigenvalue weighted by Gasteiger charge is -2.38. The number of ether oxygens (including phenoxy) is 2. The Bertz CT molecular complexity index is 891. The maximum atomic E-state index is 13.3. The number of carboxylic acids is 1. The van der Waals surface area contributed by atoms with Gasteiger partial charge in [-0.05, 0) is 64.9 Å². The molecule has 0 aliphatic carbocycles. The van der Waals surface area contributed by atoms with Crippen LogP contribution in [-0.2, 0) is 25.5 Å². The zero-order chi connectivity index (χ0) is 26.6. The van der Waals surface area contributed by atoms with Gasteiger partial charge in [-0.3, -0.25) is 14.5 Å². The topological polar surface area (TPSA) is 105 Å². The Balaban J connectivity index is 2.42. The van der Waals surface area contributed by atoms with Gasteiger partial charge in [-0.15, -0.1) is 0 Å². The molecule has 196 valence electrons. The van der Waals surface area contributed by atoms with E-state index in [4.69, 9.17) is 9.47 Å². The number of aliphatic carboxylic acids is 1. The second-order valence-corrected chi connectivity index (χ2v) is 11.7. The van der Waals surface area contributed by atoms with E-state index in [1.807, 2.05) is 44.2 Å². The van der Waals surface area contributed by atoms with Crippen LogP contribution in [-0.4, -0.2) is 58.5 Å². The van der Waals surface area contributed by atoms with Crippen molar-refractivity contribution in [2.75, 3.05) is 7.05 Å². The summed E-state index contributed by atoms with van der Waals surface area (Å²) in [5, 5.41) is 12.2. The SMILES string of the molecule is CNC(=O)[C@H](Cc1ccccc1)C[C@@H]1OC(C)(C)N(C(=O)OC(C)(C)C)[C@H]1CC(C)(C)CC(=O)O. The summed E-state index contributed by atoms with van der Waals surface area (Å²) in [6, 6.07) is 9.31. The quantitative estimate of drug-likeness (QED) is 0.524. The second-order valence-electron chi connectivity index (χ2n) is 11.7. The molecule has 0 unspecified atom stereocenters. The van der Waals surface area contributed by atoms with Crippen LogP contribution in [0.3, 0.4) is 0 Å². The molecule has 1 aliphatic heterocycles. The Labute approximate surface area is 209 Å². The smallest absolute Gasteiger partial charge is 0.412 e. The normalized spacial score (nSPS) is 20.9. The fourth-order valence-electron chi connectivity index (χ4n) is 4.88. The molecule has 1 heterocycles. The molecule has 1 aliphatic rings. The predicted octanol–water partition coefficient (Wildman–Crippen LogP) is 4.61. The molecule has 1 aromatic carbocycles. The average Bonchev–Trinajstić information content (AvgIpc) is 2.93. The van der Waals surface area contributed by atoms with Crippen molar-refractivity contribution in [1.82, 2.24) is 10.2 Å². The molecule has 0 aromatic heterocycles. The monoisotopic (exact) mass is 490 g/mol. The molecule has 35 heavy (non-hydrogen) atoms. The van der Waals surface area contributed by atoms with Gasteiger partial charge in [0, 0.05) is 13.0 Å². The van der Waals surface area contributed by atoms with Crippen molar-refractivity contribution in [2.24, 2.45) is 11.3 Å². The van der Waals surface area contributed by atoms with Crippen molar-refractivity contribution < 1.29 is 29.0 Å². The standard InChI is InChI=1S/C27H42N2O6/c1-25(2,3)35-24(33)29-20(16-26(4,5)17-22(30)31)21(34-27(29,6)7)15-19(23(32)28-8)14-18-12-10-9-11-13-18/h9-13,19-21H,14-17H2,1-8H3,(H,28,32)(H,30,31)/t19-,20+,21+/m1/s1. The largest absolute Gasteiger partial charge is 0.481 e. The van der Waals surface area contributed by atoms with Crippen molar-refractivity contribution in [1.29, 1.82) is 0 Å². The Morgan fingerprint density at radius 2 is 1.74 bits per heavy atom. The van der Waals surface area contributed by atoms with Crippen molar-refractivity contribution in [3.8, 4) is 0 Å². The first-order chi connectivity index (χ1) is 16.0. The third-order valence-corrected chi connectivity index (χ3v) is 6.22. The highest BCUT2D eigenvalue weighted by atomic mass is 16.6. The molecule has 2 N–H and O–H groups in total. The number of hydrogen-bond acceptors (Lipinski definition) is 5. The van der Waals surface area contributed by atoms with E-state index in [-0.39, 0.29) is 18.2 Å². The van der Waals surface area contributed by atoms with Gasteiger partial charge in [-0.1, -0.05) is 44.2 Å². The minimum absolute atomic E-state index is 0.0539. The van der Waals surface area contributed by atoms with Crippen LogP contribution in [0.15, 0.2) is 30.3 Å². The fourth-order valence-corrected chi connectivity index (χ4v) is 4.88. The van der Waals surface area contributed by atoms with Crippen LogP contribution in [0.5, 0.6) is 0 Å². The Hall–Kier alpha value is -2.61. The Morgan fingerprint density at radius 1 is 1.14 bits per heavy atom. The lowest BCUT2D eigenvalue weighted by atomic mass is 9.79. The first kappa shape index (κ1) is 28.6. The third-order valence-electron chi connectivity index (χ3n) is 6.22. The molecule has 0 spiro atoms. The van der Waals surface area contributed by atoms with Crippen LogP contribution < -0.4 is 5.32 Å². The maximum absolute atomic E-state index is 13.3. The van der Waals surface area contributed by atoms with Crippen molar-refractivity contribution in [3.05, 3.63) is 35.9 Å². The second kappa shape index (κ2) is 11.0. The molecule has 2 amide bonds. The summed E-state index contributed by atoms with van der Waals surface area (Å²) in [5.74, 6) is -1.39. The number of carbonyl (C=O) groups excluding carboxylic acids is 2. The van der Waals surface area contributed by atoms with Gasteiger partial charge in [0.1, 0.15) is 11.3 Å². The number of amides is 2. The molecule has 8 nitrogen and oxygen atoms in total. The number of rotatable bonds is 9. The molecule has 0 saturated carbocycles. The highest BCUT2D eigenvalue weighted by molar-refractivity contribution is 5.78. The van der Waals surface area contributed by atoms with Gasteiger partial charge >= 0.3 is 12.1 Å². The van der Waals surface area contributed by atoms with Gasteiger partial charge in [-0.25, -0.2) is 4.79 Å². The van der Waals surface area contributed by atoms with Gasteiger partial charge in [0.25, 0.3) is 0 Å². The summed E-state index contributed by atoms with van der Waals surface area (Å²) in [5.41, 5.74) is -1.27. The van der Waals surface area contributed by atoms with E-state index in [0.717, 1.165) is 5.56 Å². The van der Waals surface area contributed by atoms with Gasteiger partial charge in [0.15, 0.2) is 0 Å². The van der Waals surface area contributed by atoms with Gasteiger partial charge < -0.3 is 19.9 Å². The third kappa shape index (κ3) is 8.23. The van der Waals surface area contributed by atoms with Crippen molar-refractivity contribution in [2.45, 2.75) is 97.6 Å². The number of benzene rings is 1. The molecular formula is C27H42N2O6. The summed E-state index contributed by atoms with van der Waals surface area (Å²) >= 11 is 0. The van der Waals surface area contributed by atoms with E-state index >= 15 is 0 Å². The molecule has 1 saturated heterocycles. The molecular weight excluding hydrogens is 448 g/mol. The predicted molar refractivity (Wildman–Crippen MR) is 134 cm³/mol. The minimum atomic E-state index is -0.989. The highest BCUT2D eigenvalue weighted by Gasteiger charge is 2.53. The number of carboxylic acid groups (broad SMARTS) is 1. The molecule has 2 rings (SSSR count). The zero-order valence-corrected chi connectivity index (χ0v) is 22.4. The first-order valence-electron chi connectivity index (χ1n) is 12.2. The lowest BCUT2D eigenvalue weighted by Crippen LogP contribution is -2.51. The number of nitrogens with zero attached hydrogens (tertiary/aromatic N) is 1. The number of hydrogen-bond donors (Lipinski definition) is 2. The van der Waals surface area contributed by atoms with E-state index in [0.29, 0.717) is 19.3 Å². The number of nitrogens with one attached hydrogen (secondary N) is 1. The molecule has 3 atom stereocenters. The molecule has 1 aromatic rings. The van der Waals surface area contributed by atoms with Gasteiger partial charge in [0.05, 0.1) is 18.6 Å². The average molecular weight is 491 g/mol. The first-order valence-corrected chi connectivity index (χ1v) is 12.2. The maximum Gasteiger partial charge on any atom is 0.412 e. The van der Waals surface area contributed by atoms with Crippen LogP contribution in [0, 0.1) is 11.3 Å². The summed E-state index contributed by atoms with van der Waals surface area (Å²) < 4.78 is 12.1. The highest BCUT2D eigenvalue weighted by Crippen LogP contribution is 2.42. The summed E-state index contributed by atoms with van der Waals surface area (Å²) in [7, 11) is 1.61.